The number of carboxylic acid groups (broad SMARTS) is 1. The Kier molecular flexibility index (Phi) is 5.73. The highest BCUT2D eigenvalue weighted by Crippen LogP contribution is 2.32. The lowest BCUT2D eigenvalue weighted by molar-refractivity contribution is 0.0697. The van der Waals surface area contributed by atoms with Crippen molar-refractivity contribution in [1.29, 1.82) is 0 Å². The maximum absolute atomic E-state index is 11.7. The lowest BCUT2D eigenvalue weighted by Gasteiger charge is -2.07. The van der Waals surface area contributed by atoms with Crippen molar-refractivity contribution in [1.82, 2.24) is 5.32 Å². The van der Waals surface area contributed by atoms with Gasteiger partial charge in [-0.3, -0.25) is 5.32 Å². The Morgan fingerprint density at radius 1 is 1.29 bits per heavy atom. The lowest BCUT2D eigenvalue weighted by atomic mass is 10.1. The number of amides is 2. The van der Waals surface area contributed by atoms with E-state index in [4.69, 9.17) is 5.11 Å². The van der Waals surface area contributed by atoms with Crippen LogP contribution >= 0.6 is 11.3 Å². The lowest BCUT2D eigenvalue weighted by Crippen LogP contribution is -2.33. The van der Waals surface area contributed by atoms with Crippen LogP contribution in [0.4, 0.5) is 9.80 Å². The van der Waals surface area contributed by atoms with Gasteiger partial charge in [0.1, 0.15) is 5.00 Å². The van der Waals surface area contributed by atoms with Crippen LogP contribution in [0.15, 0.2) is 0 Å². The summed E-state index contributed by atoms with van der Waals surface area (Å²) in [6.07, 6.45) is 0. The van der Waals surface area contributed by atoms with E-state index in [9.17, 15) is 18.0 Å². The van der Waals surface area contributed by atoms with E-state index in [-0.39, 0.29) is 28.6 Å². The Balaban J connectivity index is 2.68. The van der Waals surface area contributed by atoms with Crippen molar-refractivity contribution >= 4 is 38.2 Å². The zero-order chi connectivity index (χ0) is 16.2. The molecule has 0 saturated carbocycles. The minimum Gasteiger partial charge on any atom is -0.478 e. The van der Waals surface area contributed by atoms with E-state index in [0.29, 0.717) is 5.56 Å². The second-order valence-corrected chi connectivity index (χ2v) is 8.11. The topological polar surface area (TPSA) is 113 Å². The average Bonchev–Trinajstić information content (AvgIpc) is 2.64. The second kappa shape index (κ2) is 6.90. The molecule has 1 heterocycles. The number of thiophene rings is 1. The number of carbonyl (C=O) groups is 2. The molecule has 1 rings (SSSR count). The smallest absolute Gasteiger partial charge is 0.338 e. The zero-order valence-electron chi connectivity index (χ0n) is 12.0. The Morgan fingerprint density at radius 3 is 2.43 bits per heavy atom. The number of carbonyl (C=O) groups excluding carboxylic acids is 1. The van der Waals surface area contributed by atoms with Gasteiger partial charge in [0, 0.05) is 17.2 Å². The molecule has 0 fully saturated rings. The average molecular weight is 334 g/mol. The third-order valence-electron chi connectivity index (χ3n) is 2.96. The molecule has 0 aliphatic rings. The summed E-state index contributed by atoms with van der Waals surface area (Å²) in [5.74, 6) is -1.24. The van der Waals surface area contributed by atoms with Gasteiger partial charge >= 0.3 is 12.0 Å². The number of hydrogen-bond acceptors (Lipinski definition) is 5. The predicted molar refractivity (Wildman–Crippen MR) is 82.1 cm³/mol. The van der Waals surface area contributed by atoms with E-state index in [1.165, 1.54) is 18.3 Å². The van der Waals surface area contributed by atoms with Crippen LogP contribution in [0.5, 0.6) is 0 Å². The van der Waals surface area contributed by atoms with E-state index in [2.05, 4.69) is 10.6 Å². The van der Waals surface area contributed by atoms with Gasteiger partial charge in [-0.25, -0.2) is 18.0 Å². The minimum atomic E-state index is -3.15. The number of carboxylic acids is 1. The summed E-state index contributed by atoms with van der Waals surface area (Å²) >= 11 is 1.17. The van der Waals surface area contributed by atoms with Crippen LogP contribution in [0.1, 0.15) is 27.7 Å². The number of rotatable bonds is 6. The Morgan fingerprint density at radius 2 is 1.90 bits per heavy atom. The van der Waals surface area contributed by atoms with Gasteiger partial charge in [-0.1, -0.05) is 6.92 Å². The fraction of sp³-hybridized carbons (Fsp3) is 0.500. The van der Waals surface area contributed by atoms with E-state index >= 15 is 0 Å². The summed E-state index contributed by atoms with van der Waals surface area (Å²) in [6, 6.07) is -0.620. The number of urea groups is 1. The van der Waals surface area contributed by atoms with Crippen LogP contribution < -0.4 is 10.6 Å². The van der Waals surface area contributed by atoms with Crippen LogP contribution in [0.25, 0.3) is 0 Å². The summed E-state index contributed by atoms with van der Waals surface area (Å²) in [6.45, 7) is 4.95. The Labute approximate surface area is 127 Å². The molecule has 0 saturated heterocycles. The van der Waals surface area contributed by atoms with Crippen LogP contribution in [0.2, 0.25) is 0 Å². The van der Waals surface area contributed by atoms with Gasteiger partial charge in [0.15, 0.2) is 9.84 Å². The molecule has 0 aliphatic carbocycles. The molecule has 0 aliphatic heterocycles. The fourth-order valence-corrected chi connectivity index (χ4v) is 3.33. The summed E-state index contributed by atoms with van der Waals surface area (Å²) < 4.78 is 22.6. The highest BCUT2D eigenvalue weighted by Gasteiger charge is 2.20. The molecule has 0 unspecified atom stereocenters. The Hall–Kier alpha value is -1.61. The van der Waals surface area contributed by atoms with Gasteiger partial charge in [-0.2, -0.15) is 0 Å². The highest BCUT2D eigenvalue weighted by atomic mass is 32.2. The van der Waals surface area contributed by atoms with Gasteiger partial charge in [0.05, 0.1) is 11.3 Å². The van der Waals surface area contributed by atoms with Gasteiger partial charge in [-0.15, -0.1) is 11.3 Å². The van der Waals surface area contributed by atoms with E-state index in [1.54, 1.807) is 13.8 Å². The van der Waals surface area contributed by atoms with Crippen LogP contribution in [-0.4, -0.2) is 43.6 Å². The molecular formula is C12H18N2O5S2. The second-order valence-electron chi connectivity index (χ2n) is 4.41. The van der Waals surface area contributed by atoms with Crippen molar-refractivity contribution in [3.05, 3.63) is 16.0 Å². The first-order valence-corrected chi connectivity index (χ1v) is 8.90. The van der Waals surface area contributed by atoms with E-state index in [0.717, 1.165) is 4.88 Å². The van der Waals surface area contributed by atoms with E-state index < -0.39 is 21.8 Å². The SMILES string of the molecule is CCS(=O)(=O)CCNC(=O)Nc1sc(C)c(C)c1C(=O)O. The predicted octanol–water partition coefficient (Wildman–Crippen LogP) is 1.62. The molecule has 1 aromatic rings. The molecule has 0 bridgehead atoms. The highest BCUT2D eigenvalue weighted by molar-refractivity contribution is 7.91. The first-order chi connectivity index (χ1) is 9.68. The number of hydrogen-bond donors (Lipinski definition) is 3. The quantitative estimate of drug-likeness (QED) is 0.732. The molecule has 9 heteroatoms. The van der Waals surface area contributed by atoms with Crippen LogP contribution in [-0.2, 0) is 9.84 Å². The number of sulfone groups is 1. The first-order valence-electron chi connectivity index (χ1n) is 6.26. The molecule has 0 spiro atoms. The summed E-state index contributed by atoms with van der Waals surface area (Å²) in [5, 5.41) is 14.2. The molecule has 1 aromatic heterocycles. The van der Waals surface area contributed by atoms with Crippen molar-refractivity contribution in [3.8, 4) is 0 Å². The number of nitrogens with one attached hydrogen (secondary N) is 2. The normalized spacial score (nSPS) is 11.2. The summed E-state index contributed by atoms with van der Waals surface area (Å²) in [5.41, 5.74) is 0.671. The molecule has 7 nitrogen and oxygen atoms in total. The standard InChI is InChI=1S/C12H18N2O5S2/c1-4-21(18,19)6-5-13-12(17)14-10-9(11(15)16)7(2)8(3)20-10/h4-6H2,1-3H3,(H,15,16)(H2,13,14,17). The molecule has 2 amide bonds. The molecule has 118 valence electrons. The third kappa shape index (κ3) is 4.71. The van der Waals surface area contributed by atoms with Crippen molar-refractivity contribution in [2.75, 3.05) is 23.4 Å². The summed E-state index contributed by atoms with van der Waals surface area (Å²) in [4.78, 5) is 23.7. The van der Waals surface area contributed by atoms with Gasteiger partial charge in [-0.05, 0) is 19.4 Å². The van der Waals surface area contributed by atoms with Crippen molar-refractivity contribution in [3.63, 3.8) is 0 Å². The van der Waals surface area contributed by atoms with Crippen LogP contribution in [0, 0.1) is 13.8 Å². The van der Waals surface area contributed by atoms with Gasteiger partial charge in [0.25, 0.3) is 0 Å². The molecule has 3 N–H and O–H groups in total. The number of aromatic carboxylic acids is 1. The fourth-order valence-electron chi connectivity index (χ4n) is 1.58. The summed E-state index contributed by atoms with van der Waals surface area (Å²) in [7, 11) is -3.15. The number of anilines is 1. The minimum absolute atomic E-state index is 0.0166. The Bertz CT molecular complexity index is 649. The van der Waals surface area contributed by atoms with Crippen molar-refractivity contribution in [2.45, 2.75) is 20.8 Å². The molecular weight excluding hydrogens is 316 g/mol. The van der Waals surface area contributed by atoms with Gasteiger partial charge < -0.3 is 10.4 Å². The van der Waals surface area contributed by atoms with Gasteiger partial charge in [0.2, 0.25) is 0 Å². The van der Waals surface area contributed by atoms with Crippen molar-refractivity contribution in [2.24, 2.45) is 0 Å². The molecule has 0 radical (unpaired) electrons. The molecule has 21 heavy (non-hydrogen) atoms. The first kappa shape index (κ1) is 17.4. The monoisotopic (exact) mass is 334 g/mol. The molecule has 0 aromatic carbocycles. The molecule has 0 atom stereocenters. The van der Waals surface area contributed by atoms with Crippen LogP contribution in [0.3, 0.4) is 0 Å². The third-order valence-corrected chi connectivity index (χ3v) is 5.79. The largest absolute Gasteiger partial charge is 0.478 e. The number of aryl methyl sites for hydroxylation is 1. The van der Waals surface area contributed by atoms with Crippen molar-refractivity contribution < 1.29 is 23.1 Å². The van der Waals surface area contributed by atoms with E-state index in [1.807, 2.05) is 0 Å². The maximum Gasteiger partial charge on any atom is 0.338 e. The maximum atomic E-state index is 11.7. The zero-order valence-corrected chi connectivity index (χ0v) is 13.7.